The minimum absolute atomic E-state index is 0.0106. The highest BCUT2D eigenvalue weighted by Gasteiger charge is 2.41. The van der Waals surface area contributed by atoms with Gasteiger partial charge in [0.05, 0.1) is 28.0 Å². The van der Waals surface area contributed by atoms with Gasteiger partial charge in [-0.05, 0) is 27.8 Å². The molecule has 4 rings (SSSR count). The molecule has 3 heterocycles. The van der Waals surface area contributed by atoms with Crippen LogP contribution in [0.3, 0.4) is 0 Å². The molecule has 0 aliphatic carbocycles. The first-order valence-corrected chi connectivity index (χ1v) is 7.90. The van der Waals surface area contributed by atoms with Gasteiger partial charge in [0.15, 0.2) is 5.70 Å². The Bertz CT molecular complexity index is 1560. The van der Waals surface area contributed by atoms with Crippen LogP contribution in [0.25, 0.3) is 11.5 Å². The molecule has 3 aliphatic rings. The molecule has 0 amide bonds. The minimum Gasteiger partial charge on any atom is -0.216 e. The maximum absolute atomic E-state index is 9.82. The zero-order valence-corrected chi connectivity index (χ0v) is 14.5. The molecule has 0 atom stereocenters. The molecule has 0 spiro atoms. The topological polar surface area (TPSA) is 199 Å². The minimum atomic E-state index is -0.351. The zero-order valence-electron chi connectivity index (χ0n) is 14.5. The first-order valence-electron chi connectivity index (χ1n) is 7.90. The Balaban J connectivity index is 2.40. The molecule has 0 radical (unpaired) electrons. The number of benzene rings is 1. The largest absolute Gasteiger partial charge is 0.216 e. The molecule has 30 heavy (non-hydrogen) atoms. The molecule has 0 N–H and O–H groups in total. The van der Waals surface area contributed by atoms with Crippen LogP contribution in [0.4, 0.5) is 0 Å². The summed E-state index contributed by atoms with van der Waals surface area (Å²) >= 11 is 0. The summed E-state index contributed by atoms with van der Waals surface area (Å²) in [4.78, 5) is 0. The van der Waals surface area contributed by atoms with Crippen molar-refractivity contribution in [3.05, 3.63) is 56.1 Å². The first-order chi connectivity index (χ1) is 14.7. The van der Waals surface area contributed by atoms with Gasteiger partial charge in [-0.1, -0.05) is 0 Å². The van der Waals surface area contributed by atoms with E-state index >= 15 is 0 Å². The van der Waals surface area contributed by atoms with Gasteiger partial charge >= 0.3 is 0 Å². The van der Waals surface area contributed by atoms with Crippen LogP contribution in [0.5, 0.6) is 0 Å². The number of nitrogens with zero attached hydrogens (tertiary/aromatic N) is 12. The van der Waals surface area contributed by atoms with E-state index in [9.17, 15) is 31.6 Å². The maximum Gasteiger partial charge on any atom is 0.206 e. The Hall–Kier alpha value is -5.82. The van der Waals surface area contributed by atoms with E-state index in [1.165, 1.54) is 12.1 Å². The first kappa shape index (κ1) is 17.6. The van der Waals surface area contributed by atoms with E-state index in [-0.39, 0.29) is 55.5 Å². The van der Waals surface area contributed by atoms with Crippen molar-refractivity contribution in [3.63, 3.8) is 0 Å². The fraction of sp³-hybridized carbons (Fsp3) is 0. The second-order valence-corrected chi connectivity index (χ2v) is 5.70. The quantitative estimate of drug-likeness (QED) is 0.614. The van der Waals surface area contributed by atoms with E-state index < -0.39 is 0 Å². The predicted molar refractivity (Wildman–Crippen MR) is 91.8 cm³/mol. The lowest BCUT2D eigenvalue weighted by Gasteiger charge is -2.38. The van der Waals surface area contributed by atoms with Crippen molar-refractivity contribution in [1.82, 2.24) is 10.1 Å². The van der Waals surface area contributed by atoms with Crippen LogP contribution < -0.4 is 10.4 Å². The van der Waals surface area contributed by atoms with Crippen LogP contribution in [-0.4, -0.2) is 10.1 Å². The van der Waals surface area contributed by atoms with Crippen molar-refractivity contribution in [2.24, 2.45) is 20.8 Å². The van der Waals surface area contributed by atoms with Crippen LogP contribution >= 0.6 is 0 Å². The summed E-state index contributed by atoms with van der Waals surface area (Å²) in [6.45, 7) is 0. The fourth-order valence-corrected chi connectivity index (χ4v) is 3.28. The molecule has 134 valence electrons. The Morgan fingerprint density at radius 2 is 1.47 bits per heavy atom. The van der Waals surface area contributed by atoms with Crippen molar-refractivity contribution in [1.29, 1.82) is 31.6 Å². The summed E-state index contributed by atoms with van der Waals surface area (Å²) in [6, 6.07) is 14.0. The summed E-state index contributed by atoms with van der Waals surface area (Å²) in [5, 5.41) is 75.1. The molecule has 3 aliphatic heterocycles. The Morgan fingerprint density at radius 1 is 0.733 bits per heavy atom. The molecule has 12 heteroatoms. The number of hydrazine groups is 1. The molecule has 0 unspecified atom stereocenters. The van der Waals surface area contributed by atoms with Gasteiger partial charge in [-0.15, -0.1) is 10.2 Å². The highest BCUT2D eigenvalue weighted by atomic mass is 15.9. The average molecular weight is 386 g/mol. The van der Waals surface area contributed by atoms with Crippen LogP contribution in [-0.2, 0) is 0 Å². The third-order valence-corrected chi connectivity index (χ3v) is 4.44. The zero-order chi connectivity index (χ0) is 21.4. The predicted octanol–water partition coefficient (Wildman–Crippen LogP) is 0.543. The molecule has 1 aromatic carbocycles. The number of hydrogen-bond acceptors (Lipinski definition) is 12. The molecule has 0 saturated carbocycles. The summed E-state index contributed by atoms with van der Waals surface area (Å²) in [6.07, 6.45) is 0. The van der Waals surface area contributed by atoms with Gasteiger partial charge in [0.2, 0.25) is 5.82 Å². The second-order valence-electron chi connectivity index (χ2n) is 5.70. The van der Waals surface area contributed by atoms with E-state index in [0.717, 1.165) is 10.1 Å². The van der Waals surface area contributed by atoms with Gasteiger partial charge in [0.25, 0.3) is 0 Å². The van der Waals surface area contributed by atoms with Crippen molar-refractivity contribution in [2.45, 2.75) is 0 Å². The van der Waals surface area contributed by atoms with Crippen molar-refractivity contribution in [2.75, 3.05) is 0 Å². The van der Waals surface area contributed by atoms with Gasteiger partial charge in [0.1, 0.15) is 42.0 Å². The molecule has 0 saturated heterocycles. The Morgan fingerprint density at radius 3 is 2.07 bits per heavy atom. The summed E-state index contributed by atoms with van der Waals surface area (Å²) < 4.78 is 0. The van der Waals surface area contributed by atoms with E-state index in [4.69, 9.17) is 0 Å². The third-order valence-electron chi connectivity index (χ3n) is 4.44. The molecule has 0 fully saturated rings. The normalized spacial score (nSPS) is 15.7. The van der Waals surface area contributed by atoms with Crippen molar-refractivity contribution in [3.8, 4) is 36.4 Å². The highest BCUT2D eigenvalue weighted by Crippen LogP contribution is 2.39. The standard InChI is InChI=1S/C18H2N12/c19-3-9-1-2-10-16(11(9)4-20)17-14(7-23)12(5-21)13(6-22)15(8-24)29(17)30-18(10)25-26-27-28-30/h1-2H. The molecule has 12 nitrogen and oxygen atoms in total. The molecular formula is C18H2N12. The van der Waals surface area contributed by atoms with Crippen LogP contribution in [0, 0.1) is 68.0 Å². The van der Waals surface area contributed by atoms with Gasteiger partial charge in [0, 0.05) is 10.4 Å². The number of rotatable bonds is 0. The van der Waals surface area contributed by atoms with E-state index in [0.29, 0.717) is 0 Å². The monoisotopic (exact) mass is 386 g/mol. The number of hydrogen-bond donors (Lipinski definition) is 0. The maximum atomic E-state index is 9.82. The Labute approximate surface area is 167 Å². The van der Waals surface area contributed by atoms with Crippen LogP contribution in [0.15, 0.2) is 55.3 Å². The highest BCUT2D eigenvalue weighted by molar-refractivity contribution is 5.84. The smallest absolute Gasteiger partial charge is 0.206 e. The number of fused-ring (bicyclic) bond motifs is 4. The number of allylic oxidation sites excluding steroid dienone is 3. The van der Waals surface area contributed by atoms with Gasteiger partial charge in [-0.3, -0.25) is 0 Å². The lowest BCUT2D eigenvalue weighted by molar-refractivity contribution is 0.124. The molecular weight excluding hydrogens is 384 g/mol. The van der Waals surface area contributed by atoms with Crippen LogP contribution in [0.2, 0.25) is 0 Å². The summed E-state index contributed by atoms with van der Waals surface area (Å²) in [5.41, 5.74) is -1.42. The summed E-state index contributed by atoms with van der Waals surface area (Å²) in [5.74, 6) is 0.0486. The summed E-state index contributed by atoms with van der Waals surface area (Å²) in [7, 11) is 0. The SMILES string of the molecule is N#CC1=C(C#N)C2=c3c(C#N)c(C#N)ccc3=C3N=NN=NN3N2C(C#N)=C1C#N. The van der Waals surface area contributed by atoms with Crippen molar-refractivity contribution < 1.29 is 0 Å². The fourth-order valence-electron chi connectivity index (χ4n) is 3.28. The van der Waals surface area contributed by atoms with Gasteiger partial charge in [-0.2, -0.15) is 31.6 Å². The van der Waals surface area contributed by atoms with Gasteiger partial charge in [-0.25, -0.2) is 5.01 Å². The van der Waals surface area contributed by atoms with E-state index in [1.807, 2.05) is 24.3 Å². The molecule has 0 bridgehead atoms. The van der Waals surface area contributed by atoms with E-state index in [1.54, 1.807) is 12.1 Å². The lowest BCUT2D eigenvalue weighted by Crippen LogP contribution is -2.52. The third kappa shape index (κ3) is 2.02. The van der Waals surface area contributed by atoms with Gasteiger partial charge < -0.3 is 0 Å². The number of nitriles is 6. The average Bonchev–Trinajstić information content (AvgIpc) is 2.80. The second kappa shape index (κ2) is 6.41. The van der Waals surface area contributed by atoms with Crippen molar-refractivity contribution >= 4 is 11.5 Å². The molecule has 1 aromatic rings. The molecule has 0 aromatic heterocycles. The Kier molecular flexibility index (Phi) is 3.76. The lowest BCUT2D eigenvalue weighted by atomic mass is 9.90. The van der Waals surface area contributed by atoms with E-state index in [2.05, 4.69) is 20.8 Å². The van der Waals surface area contributed by atoms with Crippen LogP contribution in [0.1, 0.15) is 11.1 Å².